The zero-order valence-electron chi connectivity index (χ0n) is 19.6. The molecule has 0 saturated carbocycles. The van der Waals surface area contributed by atoms with Crippen LogP contribution in [0.4, 0.5) is 0 Å². The molecule has 0 aliphatic carbocycles. The second-order valence-corrected chi connectivity index (χ2v) is 9.02. The van der Waals surface area contributed by atoms with Crippen molar-refractivity contribution in [3.8, 4) is 5.75 Å². The van der Waals surface area contributed by atoms with E-state index in [4.69, 9.17) is 4.74 Å². The average molecular weight is 447 g/mol. The first-order chi connectivity index (χ1) is 16.1. The molecule has 0 amide bonds. The third-order valence-electron chi connectivity index (χ3n) is 6.81. The first-order valence-electron chi connectivity index (χ1n) is 11.8. The molecule has 1 N–H and O–H groups in total. The summed E-state index contributed by atoms with van der Waals surface area (Å²) in [5.41, 5.74) is 3.49. The van der Waals surface area contributed by atoms with E-state index in [2.05, 4.69) is 47.4 Å². The number of benzene rings is 2. The third kappa shape index (κ3) is 5.37. The molecule has 33 heavy (non-hydrogen) atoms. The van der Waals surface area contributed by atoms with Gasteiger partial charge in [0.1, 0.15) is 5.75 Å². The van der Waals surface area contributed by atoms with Gasteiger partial charge < -0.3 is 14.4 Å². The van der Waals surface area contributed by atoms with Crippen LogP contribution in [0, 0.1) is 12.8 Å². The number of ether oxygens (including phenoxy) is 1. The number of hydrogen-bond donors (Lipinski definition) is 1. The Balaban J connectivity index is 1.63. The molecule has 0 radical (unpaired) electrons. The second-order valence-electron chi connectivity index (χ2n) is 9.02. The summed E-state index contributed by atoms with van der Waals surface area (Å²) in [4.78, 5) is 16.0. The Morgan fingerprint density at radius 2 is 1.67 bits per heavy atom. The van der Waals surface area contributed by atoms with Crippen LogP contribution in [0.1, 0.15) is 41.3 Å². The summed E-state index contributed by atoms with van der Waals surface area (Å²) in [6, 6.07) is 22.2. The van der Waals surface area contributed by atoms with Crippen molar-refractivity contribution < 1.29 is 9.84 Å². The van der Waals surface area contributed by atoms with Gasteiger partial charge in [0.2, 0.25) is 0 Å². The first kappa shape index (κ1) is 23.3. The lowest BCUT2D eigenvalue weighted by Gasteiger charge is -2.38. The van der Waals surface area contributed by atoms with E-state index in [1.807, 2.05) is 25.1 Å². The van der Waals surface area contributed by atoms with Gasteiger partial charge in [-0.25, -0.2) is 0 Å². The Bertz CT molecular complexity index is 1090. The molecule has 1 fully saturated rings. The molecule has 1 aliphatic rings. The quantitative estimate of drug-likeness (QED) is 0.551. The van der Waals surface area contributed by atoms with E-state index in [1.165, 1.54) is 5.56 Å². The van der Waals surface area contributed by atoms with E-state index in [0.29, 0.717) is 24.6 Å². The van der Waals surface area contributed by atoms with Crippen molar-refractivity contribution in [1.82, 2.24) is 9.47 Å². The average Bonchev–Trinajstić information content (AvgIpc) is 2.83. The van der Waals surface area contributed by atoms with Crippen LogP contribution in [0.2, 0.25) is 0 Å². The van der Waals surface area contributed by atoms with Gasteiger partial charge in [0.15, 0.2) is 0 Å². The molecule has 1 aliphatic heterocycles. The topological polar surface area (TPSA) is 54.7 Å². The summed E-state index contributed by atoms with van der Waals surface area (Å²) < 4.78 is 6.93. The van der Waals surface area contributed by atoms with Crippen molar-refractivity contribution in [3.63, 3.8) is 0 Å². The first-order valence-corrected chi connectivity index (χ1v) is 11.8. The molecule has 2 heterocycles. The van der Waals surface area contributed by atoms with E-state index in [9.17, 15) is 9.90 Å². The molecular weight excluding hydrogens is 412 g/mol. The van der Waals surface area contributed by atoms with Gasteiger partial charge in [0.05, 0.1) is 18.2 Å². The zero-order valence-corrected chi connectivity index (χ0v) is 19.6. The molecule has 174 valence electrons. The zero-order chi connectivity index (χ0) is 23.2. The molecule has 1 aromatic heterocycles. The van der Waals surface area contributed by atoms with Crippen LogP contribution in [0.3, 0.4) is 0 Å². The van der Waals surface area contributed by atoms with Crippen LogP contribution in [-0.4, -0.2) is 41.4 Å². The molecule has 1 saturated heterocycles. The van der Waals surface area contributed by atoms with Crippen molar-refractivity contribution in [1.29, 1.82) is 0 Å². The lowest BCUT2D eigenvalue weighted by molar-refractivity contribution is 0.147. The van der Waals surface area contributed by atoms with Crippen molar-refractivity contribution in [3.05, 3.63) is 99.5 Å². The maximum Gasteiger partial charge on any atom is 0.259 e. The van der Waals surface area contributed by atoms with Crippen molar-refractivity contribution in [2.45, 2.75) is 38.8 Å². The lowest BCUT2D eigenvalue weighted by Crippen LogP contribution is -2.41. The molecule has 1 atom stereocenters. The van der Waals surface area contributed by atoms with E-state index in [-0.39, 0.29) is 17.4 Å². The van der Waals surface area contributed by atoms with Gasteiger partial charge >= 0.3 is 0 Å². The number of aromatic nitrogens is 1. The Morgan fingerprint density at radius 1 is 1.03 bits per heavy atom. The molecule has 3 aromatic rings. The number of hydrogen-bond acceptors (Lipinski definition) is 4. The summed E-state index contributed by atoms with van der Waals surface area (Å²) >= 11 is 0. The second kappa shape index (κ2) is 10.8. The fourth-order valence-corrected chi connectivity index (χ4v) is 5.04. The van der Waals surface area contributed by atoms with Crippen LogP contribution < -0.4 is 5.56 Å². The Kier molecular flexibility index (Phi) is 7.63. The lowest BCUT2D eigenvalue weighted by atomic mass is 9.87. The standard InChI is InChI=1S/C28H34N2O3/c1-21-19-25(31)26(28(32)30(21)17-18-33-2)27(24-11-7-4-8-12-24)29-15-13-23(14-16-29)20-22-9-5-3-6-10-22/h3-12,19,23,27,31H,13-18,20H2,1-2H3/t27-/m0/s1. The number of methoxy groups -OCH3 is 1. The van der Waals surface area contributed by atoms with Gasteiger partial charge in [-0.3, -0.25) is 9.69 Å². The highest BCUT2D eigenvalue weighted by Gasteiger charge is 2.31. The van der Waals surface area contributed by atoms with E-state index >= 15 is 0 Å². The predicted octanol–water partition coefficient (Wildman–Crippen LogP) is 4.55. The van der Waals surface area contributed by atoms with Gasteiger partial charge in [-0.2, -0.15) is 0 Å². The minimum atomic E-state index is -0.272. The van der Waals surface area contributed by atoms with Gasteiger partial charge in [-0.15, -0.1) is 0 Å². The molecule has 5 nitrogen and oxygen atoms in total. The highest BCUT2D eigenvalue weighted by molar-refractivity contribution is 5.41. The highest BCUT2D eigenvalue weighted by Crippen LogP contribution is 2.35. The van der Waals surface area contributed by atoms with Gasteiger partial charge in [0.25, 0.3) is 5.56 Å². The van der Waals surface area contributed by atoms with Crippen molar-refractivity contribution in [2.24, 2.45) is 5.92 Å². The van der Waals surface area contributed by atoms with E-state index < -0.39 is 0 Å². The summed E-state index contributed by atoms with van der Waals surface area (Å²) in [7, 11) is 1.63. The molecule has 4 rings (SSSR count). The largest absolute Gasteiger partial charge is 0.507 e. The minimum absolute atomic E-state index is 0.0754. The number of rotatable bonds is 8. The monoisotopic (exact) mass is 446 g/mol. The van der Waals surface area contributed by atoms with Crippen LogP contribution >= 0.6 is 0 Å². The van der Waals surface area contributed by atoms with E-state index in [0.717, 1.165) is 43.6 Å². The van der Waals surface area contributed by atoms with Crippen molar-refractivity contribution in [2.75, 3.05) is 26.8 Å². The summed E-state index contributed by atoms with van der Waals surface area (Å²) in [6.07, 6.45) is 3.23. The van der Waals surface area contributed by atoms with Gasteiger partial charge in [0, 0.05) is 19.3 Å². The fourth-order valence-electron chi connectivity index (χ4n) is 5.04. The Morgan fingerprint density at radius 3 is 2.30 bits per heavy atom. The Hall–Kier alpha value is -2.89. The fraction of sp³-hybridized carbons (Fsp3) is 0.393. The molecule has 0 unspecified atom stereocenters. The molecular formula is C28H34N2O3. The van der Waals surface area contributed by atoms with Crippen molar-refractivity contribution >= 4 is 0 Å². The summed E-state index contributed by atoms with van der Waals surface area (Å²) in [5.74, 6) is 0.705. The third-order valence-corrected chi connectivity index (χ3v) is 6.81. The molecule has 0 spiro atoms. The summed E-state index contributed by atoms with van der Waals surface area (Å²) in [5, 5.41) is 11.0. The van der Waals surface area contributed by atoms with Crippen LogP contribution in [0.5, 0.6) is 5.75 Å². The van der Waals surface area contributed by atoms with Gasteiger partial charge in [-0.05, 0) is 62.4 Å². The van der Waals surface area contributed by atoms with Crippen LogP contribution in [-0.2, 0) is 17.7 Å². The molecule has 5 heteroatoms. The number of aromatic hydroxyl groups is 1. The summed E-state index contributed by atoms with van der Waals surface area (Å²) in [6.45, 7) is 4.55. The Labute approximate surface area is 196 Å². The van der Waals surface area contributed by atoms with E-state index in [1.54, 1.807) is 17.7 Å². The predicted molar refractivity (Wildman–Crippen MR) is 132 cm³/mol. The smallest absolute Gasteiger partial charge is 0.259 e. The number of likely N-dealkylation sites (tertiary alicyclic amines) is 1. The number of nitrogens with zero attached hydrogens (tertiary/aromatic N) is 2. The van der Waals surface area contributed by atoms with Crippen LogP contribution in [0.25, 0.3) is 0 Å². The maximum absolute atomic E-state index is 13.6. The minimum Gasteiger partial charge on any atom is -0.507 e. The normalized spacial score (nSPS) is 16.1. The SMILES string of the molecule is COCCn1c(C)cc(O)c([C@H](c2ccccc2)N2CCC(Cc3ccccc3)CC2)c1=O. The van der Waals surface area contributed by atoms with Crippen LogP contribution in [0.15, 0.2) is 71.5 Å². The van der Waals surface area contributed by atoms with Gasteiger partial charge in [-0.1, -0.05) is 60.7 Å². The number of pyridine rings is 1. The number of piperidine rings is 1. The maximum atomic E-state index is 13.6. The highest BCUT2D eigenvalue weighted by atomic mass is 16.5. The molecule has 0 bridgehead atoms. The number of aryl methyl sites for hydroxylation is 1. The molecule has 2 aromatic carbocycles.